The van der Waals surface area contributed by atoms with Crippen molar-refractivity contribution in [1.82, 2.24) is 0 Å². The molecule has 0 fully saturated rings. The molecule has 5 aromatic rings. The van der Waals surface area contributed by atoms with Crippen molar-refractivity contribution in [3.8, 4) is 0 Å². The second kappa shape index (κ2) is 21.7. The van der Waals surface area contributed by atoms with Gasteiger partial charge in [0.15, 0.2) is 12.6 Å². The fourth-order valence-corrected chi connectivity index (χ4v) is 6.93. The minimum atomic E-state index is -1.08. The Bertz CT molecular complexity index is 1200. The van der Waals surface area contributed by atoms with Crippen molar-refractivity contribution >= 4 is 23.8 Å². The van der Waals surface area contributed by atoms with Gasteiger partial charge in [-0.25, -0.2) is 0 Å². The van der Waals surface area contributed by atoms with Crippen molar-refractivity contribution in [3.63, 3.8) is 0 Å². The van der Waals surface area contributed by atoms with E-state index < -0.39 is 26.4 Å². The third kappa shape index (κ3) is 12.7. The van der Waals surface area contributed by atoms with Gasteiger partial charge in [0.2, 0.25) is 0 Å². The number of hydrogen-bond acceptors (Lipinski definition) is 4. The molecular weight excluding hydrogens is 646 g/mol. The number of ether oxygens (including phenoxy) is 2. The van der Waals surface area contributed by atoms with Gasteiger partial charge in [0.25, 0.3) is 0 Å². The summed E-state index contributed by atoms with van der Waals surface area (Å²) in [4.78, 5) is 0. The predicted octanol–water partition coefficient (Wildman–Crippen LogP) is 6.14. The molecule has 5 aromatic carbocycles. The van der Waals surface area contributed by atoms with Crippen LogP contribution >= 0.6 is 7.92 Å². The molecule has 0 aromatic heterocycles. The topological polar surface area (TPSA) is 58.9 Å². The predicted molar refractivity (Wildman–Crippen MR) is 176 cm³/mol. The van der Waals surface area contributed by atoms with E-state index in [1.807, 2.05) is 60.7 Å². The van der Waals surface area contributed by atoms with E-state index >= 15 is 0 Å². The summed E-state index contributed by atoms with van der Waals surface area (Å²) in [5, 5.41) is 24.1. The maximum Gasteiger partial charge on any atom is 0.166 e. The first-order valence-electron chi connectivity index (χ1n) is 14.2. The van der Waals surface area contributed by atoms with Gasteiger partial charge in [0.05, 0.1) is 13.8 Å². The standard InChI is InChI=1S/C18H15P.C13H20O4.C6H5.Pd/c1-4-10-16(11-5-1)19(17-12-6-2-7-13-17)18-14-8-3-9-15-18;1-3-16-12(14)11(13(15)17-4-2)10-8-6-5-7-9-10;1-2-4-6-5-3-1;/h1-15H;5-9,11-15H,3-4H2,1-2H3;1-5H;/q;;-1;/p+1. The van der Waals surface area contributed by atoms with Crippen LogP contribution in [-0.4, -0.2) is 36.0 Å². The van der Waals surface area contributed by atoms with Gasteiger partial charge in [-0.05, 0) is 55.8 Å². The first-order valence-corrected chi connectivity index (χ1v) is 15.7. The smallest absolute Gasteiger partial charge is 0.166 e. The van der Waals surface area contributed by atoms with Gasteiger partial charge in [-0.15, -0.1) is 0 Å². The Morgan fingerprint density at radius 3 is 1.14 bits per heavy atom. The molecule has 0 bridgehead atoms. The number of aliphatic hydroxyl groups is 2. The molecule has 0 radical (unpaired) electrons. The maximum absolute atomic E-state index is 9.90. The van der Waals surface area contributed by atoms with Gasteiger partial charge >= 0.3 is 0 Å². The van der Waals surface area contributed by atoms with Crippen LogP contribution in [0.1, 0.15) is 25.3 Å². The van der Waals surface area contributed by atoms with Crippen LogP contribution in [0.4, 0.5) is 0 Å². The monoisotopic (exact) mass is 686 g/mol. The van der Waals surface area contributed by atoms with Crippen LogP contribution in [0.3, 0.4) is 0 Å². The van der Waals surface area contributed by atoms with E-state index in [0.717, 1.165) is 5.56 Å². The molecule has 0 aliphatic heterocycles. The first kappa shape index (κ1) is 36.2. The minimum absolute atomic E-state index is 0. The third-order valence-electron chi connectivity index (χ3n) is 6.27. The minimum Gasteiger partial charge on any atom is -0.367 e. The maximum atomic E-state index is 9.90. The average Bonchev–Trinajstić information content (AvgIpc) is 3.05. The van der Waals surface area contributed by atoms with Crippen LogP contribution in [0, 0.1) is 6.07 Å². The quantitative estimate of drug-likeness (QED) is 0.0803. The van der Waals surface area contributed by atoms with Crippen LogP contribution in [0.15, 0.2) is 152 Å². The molecule has 0 saturated carbocycles. The van der Waals surface area contributed by atoms with E-state index in [9.17, 15) is 10.2 Å². The largest absolute Gasteiger partial charge is 0.367 e. The number of rotatable bonds is 10. The molecule has 4 nitrogen and oxygen atoms in total. The average molecular weight is 687 g/mol. The Balaban J connectivity index is 0.000000248. The van der Waals surface area contributed by atoms with Gasteiger partial charge in [0.1, 0.15) is 15.9 Å². The number of benzene rings is 5. The van der Waals surface area contributed by atoms with Crippen molar-refractivity contribution in [2.24, 2.45) is 0 Å². The first-order chi connectivity index (χ1) is 20.7. The van der Waals surface area contributed by atoms with Crippen molar-refractivity contribution in [2.45, 2.75) is 32.3 Å². The van der Waals surface area contributed by atoms with Gasteiger partial charge in [-0.3, -0.25) is 0 Å². The molecule has 43 heavy (non-hydrogen) atoms. The zero-order valence-corrected chi connectivity index (χ0v) is 27.2. The molecule has 0 saturated heterocycles. The fourth-order valence-electron chi connectivity index (χ4n) is 4.35. The molecule has 228 valence electrons. The Morgan fingerprint density at radius 1 is 0.535 bits per heavy atom. The molecule has 2 N–H and O–H groups in total. The van der Waals surface area contributed by atoms with Gasteiger partial charge in [0, 0.05) is 33.6 Å². The van der Waals surface area contributed by atoms with E-state index in [2.05, 4.69) is 97.1 Å². The Labute approximate surface area is 271 Å². The summed E-state index contributed by atoms with van der Waals surface area (Å²) in [6, 6.07) is 54.2. The molecule has 0 aliphatic rings. The summed E-state index contributed by atoms with van der Waals surface area (Å²) in [5.74, 6) is -0.601. The third-order valence-corrected chi connectivity index (χ3v) is 9.00. The van der Waals surface area contributed by atoms with Gasteiger partial charge in [-0.1, -0.05) is 84.9 Å². The summed E-state index contributed by atoms with van der Waals surface area (Å²) >= 11 is 0. The summed E-state index contributed by atoms with van der Waals surface area (Å²) < 4.78 is 10.3. The van der Waals surface area contributed by atoms with Crippen LogP contribution in [0.2, 0.25) is 0 Å². The second-order valence-corrected chi connectivity index (χ2v) is 11.7. The van der Waals surface area contributed by atoms with E-state index in [-0.39, 0.29) is 20.4 Å². The second-order valence-electron chi connectivity index (χ2n) is 9.18. The summed E-state index contributed by atoms with van der Waals surface area (Å²) in [6.45, 7) is 4.34. The Kier molecular flexibility index (Phi) is 18.3. The molecule has 2 atom stereocenters. The SMILES string of the molecule is CCOC(O)C(c1ccccc1)C(O)OCC.[Pd].[c-]1ccccc1.c1ccc([PH+](c2ccccc2)c2ccccc2)cc1. The molecule has 5 rings (SSSR count). The van der Waals surface area contributed by atoms with E-state index in [0.29, 0.717) is 13.2 Å². The van der Waals surface area contributed by atoms with Gasteiger partial charge < -0.3 is 19.7 Å². The van der Waals surface area contributed by atoms with Crippen LogP contribution in [-0.2, 0) is 29.9 Å². The molecule has 0 spiro atoms. The van der Waals surface area contributed by atoms with Crippen molar-refractivity contribution in [1.29, 1.82) is 0 Å². The Hall–Kier alpha value is -2.97. The summed E-state index contributed by atoms with van der Waals surface area (Å²) in [5.41, 5.74) is 0.786. The van der Waals surface area contributed by atoms with Gasteiger partial charge in [-0.2, -0.15) is 36.4 Å². The zero-order chi connectivity index (χ0) is 29.8. The number of aliphatic hydroxyl groups excluding tert-OH is 2. The van der Waals surface area contributed by atoms with Crippen LogP contribution < -0.4 is 15.9 Å². The summed E-state index contributed by atoms with van der Waals surface area (Å²) in [7, 11) is -0.877. The fraction of sp³-hybridized carbons (Fsp3) is 0.189. The van der Waals surface area contributed by atoms with Crippen LogP contribution in [0.5, 0.6) is 0 Å². The molecule has 0 aliphatic carbocycles. The molecule has 6 heteroatoms. The molecule has 2 unspecified atom stereocenters. The van der Waals surface area contributed by atoms with E-state index in [1.165, 1.54) is 15.9 Å². The van der Waals surface area contributed by atoms with Crippen molar-refractivity contribution in [2.75, 3.05) is 13.2 Å². The zero-order valence-electron chi connectivity index (χ0n) is 24.6. The van der Waals surface area contributed by atoms with Crippen LogP contribution in [0.25, 0.3) is 0 Å². The van der Waals surface area contributed by atoms with E-state index in [1.54, 1.807) is 13.8 Å². The molecule has 0 heterocycles. The Morgan fingerprint density at radius 2 is 0.860 bits per heavy atom. The van der Waals surface area contributed by atoms with Crippen molar-refractivity contribution < 1.29 is 40.1 Å². The van der Waals surface area contributed by atoms with Crippen molar-refractivity contribution in [3.05, 3.63) is 163 Å². The van der Waals surface area contributed by atoms with E-state index in [4.69, 9.17) is 9.47 Å². The summed E-state index contributed by atoms with van der Waals surface area (Å²) in [6.07, 6.45) is -2.16. The number of hydrogen-bond donors (Lipinski definition) is 2. The normalized spacial score (nSPS) is 12.3. The molecule has 0 amide bonds. The molecular formula is C37H41O4PPd.